The average Bonchev–Trinajstić information content (AvgIpc) is 2.94. The average molecular weight is 353 g/mol. The molecule has 1 aromatic rings. The third-order valence-corrected chi connectivity index (χ3v) is 6.78. The van der Waals surface area contributed by atoms with Crippen molar-refractivity contribution in [3.63, 3.8) is 0 Å². The number of carbonyl (C=O) groups is 1. The number of rotatable bonds is 4. The van der Waals surface area contributed by atoms with E-state index in [-0.39, 0.29) is 18.6 Å². The van der Waals surface area contributed by atoms with Crippen molar-refractivity contribution in [2.45, 2.75) is 19.4 Å². The van der Waals surface area contributed by atoms with Gasteiger partial charge in [0.2, 0.25) is 0 Å². The molecule has 3 rings (SSSR count). The number of sulfone groups is 1. The molecule has 2 heterocycles. The Balaban J connectivity index is 1.46. The van der Waals surface area contributed by atoms with Gasteiger partial charge in [0.15, 0.2) is 16.4 Å². The van der Waals surface area contributed by atoms with Crippen molar-refractivity contribution in [2.75, 3.05) is 44.3 Å². The lowest BCUT2D eigenvalue weighted by molar-refractivity contribution is -0.925. The summed E-state index contributed by atoms with van der Waals surface area (Å²) in [7, 11) is -2.84. The van der Waals surface area contributed by atoms with Gasteiger partial charge >= 0.3 is 0 Å². The van der Waals surface area contributed by atoms with E-state index in [1.165, 1.54) is 4.90 Å². The van der Waals surface area contributed by atoms with E-state index in [2.05, 4.69) is 0 Å². The molecule has 0 aliphatic carbocycles. The number of carbonyl (C=O) groups excluding carboxylic acids is 1. The van der Waals surface area contributed by atoms with Gasteiger partial charge < -0.3 is 14.5 Å². The van der Waals surface area contributed by atoms with E-state index in [0.717, 1.165) is 30.8 Å². The molecule has 0 aromatic heterocycles. The van der Waals surface area contributed by atoms with Crippen LogP contribution in [0.25, 0.3) is 0 Å². The van der Waals surface area contributed by atoms with E-state index in [4.69, 9.17) is 4.74 Å². The van der Waals surface area contributed by atoms with E-state index in [0.29, 0.717) is 24.6 Å². The van der Waals surface area contributed by atoms with Gasteiger partial charge in [0.25, 0.3) is 5.91 Å². The minimum absolute atomic E-state index is 0.00338. The van der Waals surface area contributed by atoms with Crippen LogP contribution in [-0.4, -0.2) is 69.6 Å². The van der Waals surface area contributed by atoms with Crippen LogP contribution in [0, 0.1) is 6.92 Å². The van der Waals surface area contributed by atoms with Crippen LogP contribution in [-0.2, 0) is 14.6 Å². The first-order valence-corrected chi connectivity index (χ1v) is 10.3. The van der Waals surface area contributed by atoms with E-state index in [1.54, 1.807) is 0 Å². The molecule has 2 aliphatic rings. The van der Waals surface area contributed by atoms with Gasteiger partial charge in [-0.2, -0.15) is 0 Å². The summed E-state index contributed by atoms with van der Waals surface area (Å²) in [5.41, 5.74) is 1.02. The highest BCUT2D eigenvalue weighted by atomic mass is 32.2. The van der Waals surface area contributed by atoms with Crippen LogP contribution >= 0.6 is 0 Å². The fourth-order valence-corrected chi connectivity index (χ4v) is 5.34. The summed E-state index contributed by atoms with van der Waals surface area (Å²) in [6, 6.07) is 7.86. The molecule has 0 saturated carbocycles. The molecule has 0 spiro atoms. The molecular formula is C17H25N2O4S+. The lowest BCUT2D eigenvalue weighted by atomic mass is 10.2. The molecule has 0 unspecified atom stereocenters. The zero-order chi connectivity index (χ0) is 17.2. The number of nitrogens with one attached hydrogen (secondary N) is 1. The minimum Gasteiger partial charge on any atom is -0.484 e. The Morgan fingerprint density at radius 1 is 1.29 bits per heavy atom. The SMILES string of the molecule is Cc1ccccc1OCC(=O)N1CC[NH+]([C@@H]2CCS(=O)(=O)C2)CC1. The number of para-hydroxylation sites is 1. The van der Waals surface area contributed by atoms with Gasteiger partial charge in [-0.25, -0.2) is 8.42 Å². The number of aryl methyl sites for hydroxylation is 1. The van der Waals surface area contributed by atoms with Crippen LogP contribution < -0.4 is 9.64 Å². The summed E-state index contributed by atoms with van der Waals surface area (Å²) in [5, 5.41) is 0. The molecule has 0 radical (unpaired) electrons. The number of quaternary nitrogens is 1. The van der Waals surface area contributed by atoms with Crippen LogP contribution in [0.3, 0.4) is 0 Å². The first kappa shape index (κ1) is 17.2. The summed E-state index contributed by atoms with van der Waals surface area (Å²) in [5.74, 6) is 1.35. The third kappa shape index (κ3) is 4.08. The smallest absolute Gasteiger partial charge is 0.260 e. The maximum atomic E-state index is 12.3. The molecule has 2 aliphatic heterocycles. The highest BCUT2D eigenvalue weighted by Crippen LogP contribution is 2.16. The van der Waals surface area contributed by atoms with Crippen LogP contribution in [0.1, 0.15) is 12.0 Å². The largest absolute Gasteiger partial charge is 0.484 e. The van der Waals surface area contributed by atoms with Gasteiger partial charge in [-0.05, 0) is 18.6 Å². The van der Waals surface area contributed by atoms with Gasteiger partial charge in [0.05, 0.1) is 31.9 Å². The quantitative estimate of drug-likeness (QED) is 0.776. The Hall–Kier alpha value is -1.60. The van der Waals surface area contributed by atoms with Crippen LogP contribution in [0.4, 0.5) is 0 Å². The number of piperazine rings is 1. The molecule has 7 heteroatoms. The fraction of sp³-hybridized carbons (Fsp3) is 0.588. The summed E-state index contributed by atoms with van der Waals surface area (Å²) in [6.07, 6.45) is 0.752. The van der Waals surface area contributed by atoms with Gasteiger partial charge in [-0.15, -0.1) is 0 Å². The Morgan fingerprint density at radius 2 is 2.00 bits per heavy atom. The molecule has 132 valence electrons. The summed E-state index contributed by atoms with van der Waals surface area (Å²) in [6.45, 7) is 4.98. The van der Waals surface area contributed by atoms with Gasteiger partial charge in [0.1, 0.15) is 17.5 Å². The summed E-state index contributed by atoms with van der Waals surface area (Å²) in [4.78, 5) is 15.5. The minimum atomic E-state index is -2.84. The zero-order valence-electron chi connectivity index (χ0n) is 14.0. The second kappa shape index (κ2) is 7.11. The van der Waals surface area contributed by atoms with E-state index in [1.807, 2.05) is 36.1 Å². The lowest BCUT2D eigenvalue weighted by Gasteiger charge is -2.34. The molecule has 6 nitrogen and oxygen atoms in total. The van der Waals surface area contributed by atoms with E-state index < -0.39 is 9.84 Å². The zero-order valence-corrected chi connectivity index (χ0v) is 14.8. The number of nitrogens with zero attached hydrogens (tertiary/aromatic N) is 1. The predicted molar refractivity (Wildman–Crippen MR) is 91.0 cm³/mol. The van der Waals surface area contributed by atoms with Crippen molar-refractivity contribution in [3.05, 3.63) is 29.8 Å². The first-order chi connectivity index (χ1) is 11.4. The Morgan fingerprint density at radius 3 is 2.62 bits per heavy atom. The van der Waals surface area contributed by atoms with Crippen LogP contribution in [0.2, 0.25) is 0 Å². The number of hydrogen-bond donors (Lipinski definition) is 1. The Labute approximate surface area is 143 Å². The van der Waals surface area contributed by atoms with Gasteiger partial charge in [-0.3, -0.25) is 4.79 Å². The lowest BCUT2D eigenvalue weighted by Crippen LogP contribution is -3.18. The molecule has 2 saturated heterocycles. The monoisotopic (exact) mass is 353 g/mol. The van der Waals surface area contributed by atoms with E-state index in [9.17, 15) is 13.2 Å². The van der Waals surface area contributed by atoms with Crippen LogP contribution in [0.15, 0.2) is 24.3 Å². The van der Waals surface area contributed by atoms with Gasteiger partial charge in [0, 0.05) is 6.42 Å². The van der Waals surface area contributed by atoms with Crippen molar-refractivity contribution < 1.29 is 22.8 Å². The molecule has 1 atom stereocenters. The highest BCUT2D eigenvalue weighted by molar-refractivity contribution is 7.91. The van der Waals surface area contributed by atoms with Crippen molar-refractivity contribution in [3.8, 4) is 5.75 Å². The number of ether oxygens (including phenoxy) is 1. The maximum absolute atomic E-state index is 12.3. The van der Waals surface area contributed by atoms with E-state index >= 15 is 0 Å². The molecule has 0 bridgehead atoms. The van der Waals surface area contributed by atoms with Crippen molar-refractivity contribution in [2.24, 2.45) is 0 Å². The summed E-state index contributed by atoms with van der Waals surface area (Å²) < 4.78 is 28.8. The second-order valence-electron chi connectivity index (χ2n) is 6.69. The summed E-state index contributed by atoms with van der Waals surface area (Å²) >= 11 is 0. The molecular weight excluding hydrogens is 328 g/mol. The fourth-order valence-electron chi connectivity index (χ4n) is 3.52. The second-order valence-corrected chi connectivity index (χ2v) is 8.92. The normalized spacial score (nSPS) is 24.0. The molecule has 1 aromatic carbocycles. The topological polar surface area (TPSA) is 68.1 Å². The predicted octanol–water partition coefficient (Wildman–Crippen LogP) is -0.712. The number of amides is 1. The Bertz CT molecular complexity index is 696. The van der Waals surface area contributed by atoms with Gasteiger partial charge in [-0.1, -0.05) is 18.2 Å². The number of hydrogen-bond acceptors (Lipinski definition) is 4. The highest BCUT2D eigenvalue weighted by Gasteiger charge is 2.37. The molecule has 1 amide bonds. The third-order valence-electron chi connectivity index (χ3n) is 5.01. The standard InChI is InChI=1S/C17H24N2O4S/c1-14-4-2-3-5-16(14)23-12-17(20)19-9-7-18(8-10-19)15-6-11-24(21,22)13-15/h2-5,15H,6-13H2,1H3/p+1/t15-/m1/s1. The molecule has 2 fully saturated rings. The number of benzene rings is 1. The first-order valence-electron chi connectivity index (χ1n) is 8.46. The van der Waals surface area contributed by atoms with Crippen LogP contribution in [0.5, 0.6) is 5.75 Å². The van der Waals surface area contributed by atoms with Crippen molar-refractivity contribution in [1.29, 1.82) is 0 Å². The maximum Gasteiger partial charge on any atom is 0.260 e. The van der Waals surface area contributed by atoms with Crippen molar-refractivity contribution >= 4 is 15.7 Å². The molecule has 1 N–H and O–H groups in total. The van der Waals surface area contributed by atoms with Crippen molar-refractivity contribution in [1.82, 2.24) is 4.90 Å². The Kier molecular flexibility index (Phi) is 5.10. The molecule has 24 heavy (non-hydrogen) atoms.